The van der Waals surface area contributed by atoms with Gasteiger partial charge in [-0.1, -0.05) is 18.2 Å². The SMILES string of the molecule is CC(C)(O)c1ccccc1N1CCNCC1. The molecule has 88 valence electrons. The van der Waals surface area contributed by atoms with Crippen LogP contribution >= 0.6 is 0 Å². The number of para-hydroxylation sites is 1. The van der Waals surface area contributed by atoms with E-state index >= 15 is 0 Å². The maximum Gasteiger partial charge on any atom is 0.0860 e. The van der Waals surface area contributed by atoms with Gasteiger partial charge in [0.2, 0.25) is 0 Å². The van der Waals surface area contributed by atoms with Crippen molar-refractivity contribution in [3.05, 3.63) is 29.8 Å². The highest BCUT2D eigenvalue weighted by Gasteiger charge is 2.23. The molecule has 0 spiro atoms. The van der Waals surface area contributed by atoms with Crippen LogP contribution in [0.4, 0.5) is 5.69 Å². The largest absolute Gasteiger partial charge is 0.386 e. The molecule has 0 bridgehead atoms. The average molecular weight is 220 g/mol. The zero-order valence-electron chi connectivity index (χ0n) is 10.0. The van der Waals surface area contributed by atoms with Crippen molar-refractivity contribution in [3.8, 4) is 0 Å². The molecule has 1 aliphatic heterocycles. The first-order valence-corrected chi connectivity index (χ1v) is 5.86. The number of hydrogen-bond donors (Lipinski definition) is 2. The molecule has 3 nitrogen and oxygen atoms in total. The Morgan fingerprint density at radius 2 is 1.81 bits per heavy atom. The van der Waals surface area contributed by atoms with Crippen LogP contribution in [0.25, 0.3) is 0 Å². The van der Waals surface area contributed by atoms with E-state index in [0.717, 1.165) is 37.4 Å². The molecule has 2 rings (SSSR count). The third kappa shape index (κ3) is 2.36. The minimum Gasteiger partial charge on any atom is -0.386 e. The Kier molecular flexibility index (Phi) is 3.17. The maximum atomic E-state index is 10.2. The van der Waals surface area contributed by atoms with Crippen molar-refractivity contribution in [2.45, 2.75) is 19.4 Å². The zero-order chi connectivity index (χ0) is 11.6. The molecule has 1 aromatic carbocycles. The van der Waals surface area contributed by atoms with E-state index in [1.165, 1.54) is 0 Å². The zero-order valence-corrected chi connectivity index (χ0v) is 10.0. The van der Waals surface area contributed by atoms with E-state index < -0.39 is 5.60 Å². The van der Waals surface area contributed by atoms with Crippen molar-refractivity contribution in [3.63, 3.8) is 0 Å². The Hall–Kier alpha value is -1.06. The molecule has 3 heteroatoms. The number of rotatable bonds is 2. The quantitative estimate of drug-likeness (QED) is 0.789. The van der Waals surface area contributed by atoms with Crippen molar-refractivity contribution in [1.82, 2.24) is 5.32 Å². The number of hydrogen-bond acceptors (Lipinski definition) is 3. The molecule has 0 aromatic heterocycles. The molecule has 0 amide bonds. The van der Waals surface area contributed by atoms with Crippen LogP contribution in [0, 0.1) is 0 Å². The Balaban J connectivity index is 2.32. The third-order valence-corrected chi connectivity index (χ3v) is 3.02. The van der Waals surface area contributed by atoms with E-state index in [1.54, 1.807) is 0 Å². The van der Waals surface area contributed by atoms with Gasteiger partial charge < -0.3 is 15.3 Å². The lowest BCUT2D eigenvalue weighted by molar-refractivity contribution is 0.0790. The van der Waals surface area contributed by atoms with Gasteiger partial charge in [-0.3, -0.25) is 0 Å². The second-order valence-corrected chi connectivity index (χ2v) is 4.81. The molecule has 16 heavy (non-hydrogen) atoms. The monoisotopic (exact) mass is 220 g/mol. The van der Waals surface area contributed by atoms with Crippen LogP contribution in [0.5, 0.6) is 0 Å². The second-order valence-electron chi connectivity index (χ2n) is 4.81. The molecular formula is C13H20N2O. The van der Waals surface area contributed by atoms with E-state index in [9.17, 15) is 5.11 Å². The van der Waals surface area contributed by atoms with Crippen LogP contribution in [-0.2, 0) is 5.60 Å². The highest BCUT2D eigenvalue weighted by Crippen LogP contribution is 2.30. The van der Waals surface area contributed by atoms with Gasteiger partial charge in [-0.2, -0.15) is 0 Å². The molecule has 1 aromatic rings. The van der Waals surface area contributed by atoms with Gasteiger partial charge in [0.05, 0.1) is 5.60 Å². The number of anilines is 1. The number of nitrogens with zero attached hydrogens (tertiary/aromatic N) is 1. The summed E-state index contributed by atoms with van der Waals surface area (Å²) < 4.78 is 0. The molecule has 1 heterocycles. The van der Waals surface area contributed by atoms with Crippen molar-refractivity contribution < 1.29 is 5.11 Å². The second kappa shape index (κ2) is 4.44. The summed E-state index contributed by atoms with van der Waals surface area (Å²) in [5.74, 6) is 0. The summed E-state index contributed by atoms with van der Waals surface area (Å²) in [4.78, 5) is 2.34. The summed E-state index contributed by atoms with van der Waals surface area (Å²) in [5, 5.41) is 13.5. The van der Waals surface area contributed by atoms with Gasteiger partial charge in [0.25, 0.3) is 0 Å². The van der Waals surface area contributed by atoms with E-state index in [1.807, 2.05) is 32.0 Å². The van der Waals surface area contributed by atoms with E-state index in [4.69, 9.17) is 0 Å². The van der Waals surface area contributed by atoms with E-state index in [2.05, 4.69) is 16.3 Å². The van der Waals surface area contributed by atoms with Crippen molar-refractivity contribution >= 4 is 5.69 Å². The number of piperazine rings is 1. The Morgan fingerprint density at radius 3 is 2.44 bits per heavy atom. The smallest absolute Gasteiger partial charge is 0.0860 e. The summed E-state index contributed by atoms with van der Waals surface area (Å²) in [5.41, 5.74) is 1.40. The predicted molar refractivity (Wildman–Crippen MR) is 66.8 cm³/mol. The van der Waals surface area contributed by atoms with E-state index in [-0.39, 0.29) is 0 Å². The molecule has 1 aliphatic rings. The number of benzene rings is 1. The van der Waals surface area contributed by atoms with Gasteiger partial charge in [0.15, 0.2) is 0 Å². The number of nitrogens with one attached hydrogen (secondary N) is 1. The summed E-state index contributed by atoms with van der Waals surface area (Å²) in [7, 11) is 0. The molecular weight excluding hydrogens is 200 g/mol. The lowest BCUT2D eigenvalue weighted by Crippen LogP contribution is -2.44. The normalized spacial score (nSPS) is 17.6. The first kappa shape index (κ1) is 11.4. The minimum atomic E-state index is -0.776. The lowest BCUT2D eigenvalue weighted by atomic mass is 9.95. The van der Waals surface area contributed by atoms with Crippen molar-refractivity contribution in [2.75, 3.05) is 31.1 Å². The molecule has 0 atom stereocenters. The van der Waals surface area contributed by atoms with E-state index in [0.29, 0.717) is 0 Å². The molecule has 2 N–H and O–H groups in total. The summed E-state index contributed by atoms with van der Waals surface area (Å²) in [6, 6.07) is 8.13. The third-order valence-electron chi connectivity index (χ3n) is 3.02. The highest BCUT2D eigenvalue weighted by atomic mass is 16.3. The van der Waals surface area contributed by atoms with Crippen LogP contribution in [0.3, 0.4) is 0 Å². The molecule has 0 aliphatic carbocycles. The van der Waals surface area contributed by atoms with Crippen molar-refractivity contribution in [1.29, 1.82) is 0 Å². The van der Waals surface area contributed by atoms with Gasteiger partial charge in [-0.05, 0) is 19.9 Å². The topological polar surface area (TPSA) is 35.5 Å². The van der Waals surface area contributed by atoms with Crippen LogP contribution in [0.2, 0.25) is 0 Å². The summed E-state index contributed by atoms with van der Waals surface area (Å²) in [6.45, 7) is 7.72. The predicted octanol–water partition coefficient (Wildman–Crippen LogP) is 1.32. The fourth-order valence-corrected chi connectivity index (χ4v) is 2.17. The van der Waals surface area contributed by atoms with Crippen molar-refractivity contribution in [2.24, 2.45) is 0 Å². The minimum absolute atomic E-state index is 0.776. The van der Waals surface area contributed by atoms with Gasteiger partial charge in [0.1, 0.15) is 0 Å². The summed E-state index contributed by atoms with van der Waals surface area (Å²) in [6.07, 6.45) is 0. The maximum absolute atomic E-state index is 10.2. The van der Waals surface area contributed by atoms with Gasteiger partial charge in [-0.25, -0.2) is 0 Å². The standard InChI is InChI=1S/C13H20N2O/c1-13(2,16)11-5-3-4-6-12(11)15-9-7-14-8-10-15/h3-6,14,16H,7-10H2,1-2H3. The Morgan fingerprint density at radius 1 is 1.19 bits per heavy atom. The van der Waals surface area contributed by atoms with Crippen LogP contribution in [-0.4, -0.2) is 31.3 Å². The Labute approximate surface area is 97.1 Å². The number of aliphatic hydroxyl groups is 1. The van der Waals surface area contributed by atoms with Crippen LogP contribution in [0.1, 0.15) is 19.4 Å². The molecule has 0 saturated carbocycles. The highest BCUT2D eigenvalue weighted by molar-refractivity contribution is 5.56. The van der Waals surface area contributed by atoms with Gasteiger partial charge in [0, 0.05) is 37.4 Å². The molecule has 0 unspecified atom stereocenters. The summed E-state index contributed by atoms with van der Waals surface area (Å²) >= 11 is 0. The Bertz CT molecular complexity index is 351. The van der Waals surface area contributed by atoms with Crippen LogP contribution < -0.4 is 10.2 Å². The lowest BCUT2D eigenvalue weighted by Gasteiger charge is -2.33. The molecule has 0 radical (unpaired) electrons. The molecule has 1 fully saturated rings. The van der Waals surface area contributed by atoms with Gasteiger partial charge >= 0.3 is 0 Å². The first-order chi connectivity index (χ1) is 7.59. The van der Waals surface area contributed by atoms with Gasteiger partial charge in [-0.15, -0.1) is 0 Å². The molecule has 1 saturated heterocycles. The van der Waals surface area contributed by atoms with Crippen LogP contribution in [0.15, 0.2) is 24.3 Å². The first-order valence-electron chi connectivity index (χ1n) is 5.86. The fourth-order valence-electron chi connectivity index (χ4n) is 2.17. The fraction of sp³-hybridized carbons (Fsp3) is 0.538. The average Bonchev–Trinajstić information content (AvgIpc) is 2.29.